The summed E-state index contributed by atoms with van der Waals surface area (Å²) in [6.45, 7) is 0. The van der Waals surface area contributed by atoms with E-state index in [0.29, 0.717) is 0 Å². The van der Waals surface area contributed by atoms with Crippen LogP contribution in [-0.4, -0.2) is 42.2 Å². The predicted octanol–water partition coefficient (Wildman–Crippen LogP) is 3.97. The van der Waals surface area contributed by atoms with Gasteiger partial charge in [-0.3, -0.25) is 9.59 Å². The van der Waals surface area contributed by atoms with E-state index in [0.717, 1.165) is 12.1 Å². The molecule has 0 heterocycles. The molecule has 0 saturated heterocycles. The van der Waals surface area contributed by atoms with Crippen molar-refractivity contribution in [1.29, 1.82) is 0 Å². The second kappa shape index (κ2) is 9.11. The summed E-state index contributed by atoms with van der Waals surface area (Å²) < 4.78 is 0. The minimum absolute atomic E-state index is 0.167. The summed E-state index contributed by atoms with van der Waals surface area (Å²) in [5.74, 6) is -5.55. The Morgan fingerprint density at radius 2 is 0.857 bits per heavy atom. The first-order valence-corrected chi connectivity index (χ1v) is 10.4. The van der Waals surface area contributed by atoms with Crippen LogP contribution in [0.3, 0.4) is 0 Å². The van der Waals surface area contributed by atoms with Crippen molar-refractivity contribution in [3.8, 4) is 34.5 Å². The summed E-state index contributed by atoms with van der Waals surface area (Å²) in [6, 6.07) is 17.4. The summed E-state index contributed by atoms with van der Waals surface area (Å²) in [5.41, 5.74) is -1.22. The summed E-state index contributed by atoms with van der Waals surface area (Å²) in [4.78, 5) is 25.8. The first-order valence-electron chi connectivity index (χ1n) is 10.4. The number of rotatable bonds is 6. The summed E-state index contributed by atoms with van der Waals surface area (Å²) >= 11 is 0. The molecule has 0 unspecified atom stereocenters. The van der Waals surface area contributed by atoms with Crippen molar-refractivity contribution in [3.63, 3.8) is 0 Å². The molecule has 0 atom stereocenters. The number of hydrogen-bond donors (Lipinski definition) is 6. The van der Waals surface area contributed by atoms with Crippen LogP contribution in [0, 0.1) is 0 Å². The highest BCUT2D eigenvalue weighted by Crippen LogP contribution is 2.44. The minimum atomic E-state index is -0.765. The van der Waals surface area contributed by atoms with E-state index in [-0.39, 0.29) is 22.3 Å². The van der Waals surface area contributed by atoms with E-state index in [4.69, 9.17) is 0 Å². The molecule has 8 nitrogen and oxygen atoms in total. The minimum Gasteiger partial charge on any atom is -0.507 e. The molecule has 0 saturated carbocycles. The molecular weight excluding hydrogens is 452 g/mol. The number of phenolic OH excluding ortho intramolecular Hbond substituents is 6. The van der Waals surface area contributed by atoms with Gasteiger partial charge in [-0.2, -0.15) is 0 Å². The van der Waals surface area contributed by atoms with Gasteiger partial charge >= 0.3 is 0 Å². The number of aromatic hydroxyl groups is 6. The lowest BCUT2D eigenvalue weighted by molar-refractivity contribution is 0.102. The van der Waals surface area contributed by atoms with Crippen molar-refractivity contribution >= 4 is 11.6 Å². The van der Waals surface area contributed by atoms with Crippen molar-refractivity contribution in [3.05, 3.63) is 106 Å². The molecule has 0 bridgehead atoms. The fraction of sp³-hybridized carbons (Fsp3) is 0.0370. The molecule has 0 amide bonds. The largest absolute Gasteiger partial charge is 0.507 e. The Hall–Kier alpha value is -4.98. The lowest BCUT2D eigenvalue weighted by atomic mass is 9.92. The number of ketones is 2. The maximum absolute atomic E-state index is 12.9. The van der Waals surface area contributed by atoms with Gasteiger partial charge in [-0.1, -0.05) is 60.7 Å². The number of hydrogen-bond acceptors (Lipinski definition) is 8. The Kier molecular flexibility index (Phi) is 6.03. The molecule has 0 aromatic heterocycles. The van der Waals surface area contributed by atoms with E-state index in [1.807, 2.05) is 0 Å². The van der Waals surface area contributed by atoms with E-state index in [2.05, 4.69) is 0 Å². The highest BCUT2D eigenvalue weighted by atomic mass is 16.3. The van der Waals surface area contributed by atoms with Gasteiger partial charge in [0.05, 0.1) is 0 Å². The Labute approximate surface area is 199 Å². The molecular formula is C27H20O8. The van der Waals surface area contributed by atoms with Crippen LogP contribution < -0.4 is 0 Å². The van der Waals surface area contributed by atoms with Gasteiger partial charge in [0.15, 0.2) is 0 Å². The molecule has 0 aliphatic carbocycles. The molecule has 4 rings (SSSR count). The van der Waals surface area contributed by atoms with Gasteiger partial charge in [-0.15, -0.1) is 0 Å². The Bertz CT molecular complexity index is 1330. The fourth-order valence-electron chi connectivity index (χ4n) is 3.81. The van der Waals surface area contributed by atoms with Gasteiger partial charge in [-0.05, 0) is 0 Å². The van der Waals surface area contributed by atoms with Crippen molar-refractivity contribution in [2.75, 3.05) is 0 Å². The third-order valence-electron chi connectivity index (χ3n) is 5.60. The van der Waals surface area contributed by atoms with Crippen LogP contribution in [0.5, 0.6) is 34.5 Å². The summed E-state index contributed by atoms with van der Waals surface area (Å²) in [5, 5.41) is 62.9. The topological polar surface area (TPSA) is 156 Å². The van der Waals surface area contributed by atoms with Gasteiger partial charge in [-0.25, -0.2) is 0 Å². The molecule has 0 radical (unpaired) electrons. The maximum Gasteiger partial charge on any atom is 0.200 e. The van der Waals surface area contributed by atoms with E-state index < -0.39 is 63.6 Å². The summed E-state index contributed by atoms with van der Waals surface area (Å²) in [6.07, 6.45) is -0.542. The van der Waals surface area contributed by atoms with Crippen LogP contribution in [0.2, 0.25) is 0 Å². The molecule has 176 valence electrons. The van der Waals surface area contributed by atoms with Gasteiger partial charge in [0.25, 0.3) is 0 Å². The second-order valence-electron chi connectivity index (χ2n) is 7.80. The Morgan fingerprint density at radius 3 is 1.20 bits per heavy atom. The van der Waals surface area contributed by atoms with E-state index in [1.165, 1.54) is 24.3 Å². The van der Waals surface area contributed by atoms with Crippen LogP contribution in [0.1, 0.15) is 43.0 Å². The zero-order chi connectivity index (χ0) is 25.3. The highest BCUT2D eigenvalue weighted by Gasteiger charge is 2.28. The maximum atomic E-state index is 12.9. The number of carbonyl (C=O) groups excluding carboxylic acids is 2. The van der Waals surface area contributed by atoms with E-state index in [9.17, 15) is 40.2 Å². The standard InChI is InChI=1S/C27H20O8/c28-18-12-20(30)22(24(32)14-7-3-1-4-8-14)26(34)16(18)11-17-19(29)13-21(31)23(27(17)35)25(33)15-9-5-2-6-10-15/h1-10,12-13,28-31,34-35H,11H2. The van der Waals surface area contributed by atoms with Crippen molar-refractivity contribution in [2.24, 2.45) is 0 Å². The molecule has 6 N–H and O–H groups in total. The first kappa shape index (κ1) is 23.2. The van der Waals surface area contributed by atoms with Crippen LogP contribution in [0.15, 0.2) is 72.8 Å². The van der Waals surface area contributed by atoms with Crippen molar-refractivity contribution < 1.29 is 40.2 Å². The third kappa shape index (κ3) is 4.20. The van der Waals surface area contributed by atoms with E-state index >= 15 is 0 Å². The first-order chi connectivity index (χ1) is 16.7. The van der Waals surface area contributed by atoms with Crippen molar-refractivity contribution in [2.45, 2.75) is 6.42 Å². The lowest BCUT2D eigenvalue weighted by Gasteiger charge is -2.16. The molecule has 8 heteroatoms. The average molecular weight is 472 g/mol. The van der Waals surface area contributed by atoms with Gasteiger partial charge in [0.2, 0.25) is 11.6 Å². The second-order valence-corrected chi connectivity index (χ2v) is 7.80. The lowest BCUT2D eigenvalue weighted by Crippen LogP contribution is -2.06. The molecule has 4 aromatic carbocycles. The quantitative estimate of drug-likeness (QED) is 0.230. The highest BCUT2D eigenvalue weighted by molar-refractivity contribution is 6.13. The fourth-order valence-corrected chi connectivity index (χ4v) is 3.81. The van der Waals surface area contributed by atoms with Gasteiger partial charge in [0.1, 0.15) is 45.6 Å². The van der Waals surface area contributed by atoms with Gasteiger partial charge in [0, 0.05) is 40.8 Å². The zero-order valence-electron chi connectivity index (χ0n) is 18.1. The molecule has 0 fully saturated rings. The van der Waals surface area contributed by atoms with Crippen LogP contribution in [0.25, 0.3) is 0 Å². The molecule has 0 aliphatic rings. The number of phenols is 6. The molecule has 0 spiro atoms. The van der Waals surface area contributed by atoms with Crippen LogP contribution in [-0.2, 0) is 6.42 Å². The smallest absolute Gasteiger partial charge is 0.200 e. The van der Waals surface area contributed by atoms with E-state index in [1.54, 1.807) is 36.4 Å². The SMILES string of the molecule is O=C(c1ccccc1)c1c(O)cc(O)c(Cc2c(O)cc(O)c(C(=O)c3ccccc3)c2O)c1O. The molecule has 4 aromatic rings. The molecule has 0 aliphatic heterocycles. The summed E-state index contributed by atoms with van der Waals surface area (Å²) in [7, 11) is 0. The third-order valence-corrected chi connectivity index (χ3v) is 5.60. The van der Waals surface area contributed by atoms with Gasteiger partial charge < -0.3 is 30.6 Å². The number of benzene rings is 4. The Morgan fingerprint density at radius 1 is 0.514 bits per heavy atom. The van der Waals surface area contributed by atoms with Crippen LogP contribution >= 0.6 is 0 Å². The monoisotopic (exact) mass is 472 g/mol. The average Bonchev–Trinajstić information content (AvgIpc) is 2.84. The predicted molar refractivity (Wildman–Crippen MR) is 125 cm³/mol. The zero-order valence-corrected chi connectivity index (χ0v) is 18.1. The van der Waals surface area contributed by atoms with Crippen molar-refractivity contribution in [1.82, 2.24) is 0 Å². The number of carbonyl (C=O) groups is 2. The molecule has 35 heavy (non-hydrogen) atoms. The van der Waals surface area contributed by atoms with Crippen LogP contribution in [0.4, 0.5) is 0 Å². The normalized spacial score (nSPS) is 10.7. The Balaban J connectivity index is 1.82.